The summed E-state index contributed by atoms with van der Waals surface area (Å²) in [6.07, 6.45) is 69.4. The van der Waals surface area contributed by atoms with Crippen molar-refractivity contribution in [3.05, 3.63) is 85.1 Å². The van der Waals surface area contributed by atoms with Crippen LogP contribution < -0.4 is 0 Å². The minimum absolute atomic E-state index is 0.181. The number of unbranched alkanes of at least 4 members (excludes halogenated alkanes) is 25. The van der Waals surface area contributed by atoms with Crippen LogP contribution in [0.25, 0.3) is 0 Å². The number of nitrogens with zero attached hydrogens (tertiary/aromatic N) is 1. The summed E-state index contributed by atoms with van der Waals surface area (Å²) in [6.45, 7) is 4.75. The maximum atomic E-state index is 12.9. The van der Waals surface area contributed by atoms with Crippen LogP contribution in [0.5, 0.6) is 0 Å². The zero-order valence-electron chi connectivity index (χ0n) is 47.8. The topological polar surface area (TPSA) is 108 Å². The fraction of sp³-hybridized carbons (Fsp3) is 0.734. The largest absolute Gasteiger partial charge is 0.477 e. The predicted molar refractivity (Wildman–Crippen MR) is 309 cm³/mol. The zero-order chi connectivity index (χ0) is 53.4. The lowest BCUT2D eigenvalue weighted by molar-refractivity contribution is -0.870. The summed E-state index contributed by atoms with van der Waals surface area (Å²) < 4.78 is 22.9. The van der Waals surface area contributed by atoms with E-state index in [0.29, 0.717) is 23.9 Å². The average Bonchev–Trinajstić information content (AvgIpc) is 3.36. The van der Waals surface area contributed by atoms with Gasteiger partial charge in [0.25, 0.3) is 6.29 Å². The maximum absolute atomic E-state index is 12.9. The van der Waals surface area contributed by atoms with E-state index in [4.69, 9.17) is 18.9 Å². The SMILES string of the molecule is CC/C=C\C/C=C\C/C=C\C/C=C\C/C=C\C/C=C\CCCCCCCCC(=O)OC(COC(=O)CCCCCCCCCCCCC/C=C\CCCCCCCCCC)COC(OCC[N+](C)(C)C)C(=O)O. The lowest BCUT2D eigenvalue weighted by Crippen LogP contribution is -2.40. The Morgan fingerprint density at radius 1 is 0.425 bits per heavy atom. The second-order valence-corrected chi connectivity index (χ2v) is 20.9. The molecule has 0 bridgehead atoms. The van der Waals surface area contributed by atoms with Gasteiger partial charge in [0, 0.05) is 12.8 Å². The first-order valence-corrected chi connectivity index (χ1v) is 29.8. The van der Waals surface area contributed by atoms with E-state index in [1.54, 1.807) is 0 Å². The summed E-state index contributed by atoms with van der Waals surface area (Å²) in [5, 5.41) is 9.71. The quantitative estimate of drug-likeness (QED) is 0.0211. The number of carboxylic acids is 1. The van der Waals surface area contributed by atoms with Crippen LogP contribution >= 0.6 is 0 Å². The molecule has 9 nitrogen and oxygen atoms in total. The summed E-state index contributed by atoms with van der Waals surface area (Å²) in [7, 11) is 5.96. The van der Waals surface area contributed by atoms with Gasteiger partial charge in [-0.3, -0.25) is 9.59 Å². The van der Waals surface area contributed by atoms with Gasteiger partial charge in [-0.15, -0.1) is 0 Å². The van der Waals surface area contributed by atoms with Crippen molar-refractivity contribution in [3.63, 3.8) is 0 Å². The molecule has 0 aromatic carbocycles. The number of esters is 2. The van der Waals surface area contributed by atoms with Gasteiger partial charge >= 0.3 is 17.9 Å². The van der Waals surface area contributed by atoms with E-state index >= 15 is 0 Å². The Bertz CT molecular complexity index is 1470. The molecule has 73 heavy (non-hydrogen) atoms. The third kappa shape index (κ3) is 56.0. The molecule has 0 fully saturated rings. The molecule has 0 aliphatic rings. The Labute approximate surface area is 449 Å². The molecule has 0 aliphatic heterocycles. The van der Waals surface area contributed by atoms with Gasteiger partial charge in [0.1, 0.15) is 13.2 Å². The van der Waals surface area contributed by atoms with E-state index < -0.39 is 24.3 Å². The van der Waals surface area contributed by atoms with E-state index in [-0.39, 0.29) is 32.2 Å². The molecular weight excluding hydrogens is 911 g/mol. The molecule has 9 heteroatoms. The molecule has 0 heterocycles. The van der Waals surface area contributed by atoms with Crippen molar-refractivity contribution in [1.82, 2.24) is 0 Å². The lowest BCUT2D eigenvalue weighted by Gasteiger charge is -2.25. The fourth-order valence-electron chi connectivity index (χ4n) is 8.07. The van der Waals surface area contributed by atoms with Crippen molar-refractivity contribution in [2.24, 2.45) is 0 Å². The van der Waals surface area contributed by atoms with Crippen LogP contribution in [0.2, 0.25) is 0 Å². The minimum Gasteiger partial charge on any atom is -0.477 e. The van der Waals surface area contributed by atoms with Gasteiger partial charge in [-0.2, -0.15) is 0 Å². The molecular formula is C64H112NO8+. The first-order chi connectivity index (χ1) is 35.6. The second kappa shape index (κ2) is 54.7. The number of hydrogen-bond donors (Lipinski definition) is 1. The number of quaternary nitrogens is 1. The molecule has 420 valence electrons. The van der Waals surface area contributed by atoms with Gasteiger partial charge < -0.3 is 28.5 Å². The third-order valence-corrected chi connectivity index (χ3v) is 12.6. The van der Waals surface area contributed by atoms with Crippen LogP contribution in [0.15, 0.2) is 85.1 Å². The van der Waals surface area contributed by atoms with Gasteiger partial charge in [0.2, 0.25) is 0 Å². The molecule has 0 saturated heterocycles. The van der Waals surface area contributed by atoms with Crippen molar-refractivity contribution >= 4 is 17.9 Å². The molecule has 0 amide bonds. The van der Waals surface area contributed by atoms with Gasteiger partial charge in [-0.1, -0.05) is 227 Å². The van der Waals surface area contributed by atoms with E-state index in [1.165, 1.54) is 116 Å². The lowest BCUT2D eigenvalue weighted by atomic mass is 10.0. The van der Waals surface area contributed by atoms with Crippen molar-refractivity contribution in [1.29, 1.82) is 0 Å². The highest BCUT2D eigenvalue weighted by Crippen LogP contribution is 2.15. The van der Waals surface area contributed by atoms with Crippen molar-refractivity contribution in [2.45, 2.75) is 257 Å². The van der Waals surface area contributed by atoms with Gasteiger partial charge in [0.15, 0.2) is 6.10 Å². The van der Waals surface area contributed by atoms with E-state index in [2.05, 4.69) is 98.9 Å². The molecule has 0 spiro atoms. The first-order valence-electron chi connectivity index (χ1n) is 29.8. The number of aliphatic carboxylic acids is 1. The highest BCUT2D eigenvalue weighted by molar-refractivity contribution is 5.71. The van der Waals surface area contributed by atoms with Crippen LogP contribution in [0.1, 0.15) is 245 Å². The molecule has 1 N–H and O–H groups in total. The number of likely N-dealkylation sites (N-methyl/N-ethyl adjacent to an activating group) is 1. The van der Waals surface area contributed by atoms with Crippen LogP contribution in [0.3, 0.4) is 0 Å². The number of hydrogen-bond acceptors (Lipinski definition) is 7. The summed E-state index contributed by atoms with van der Waals surface area (Å²) >= 11 is 0. The Morgan fingerprint density at radius 3 is 1.18 bits per heavy atom. The Morgan fingerprint density at radius 2 is 0.781 bits per heavy atom. The Kier molecular flexibility index (Phi) is 52.1. The van der Waals surface area contributed by atoms with E-state index in [0.717, 1.165) is 96.3 Å². The molecule has 0 aromatic heterocycles. The zero-order valence-corrected chi connectivity index (χ0v) is 47.8. The molecule has 0 aliphatic carbocycles. The minimum atomic E-state index is -1.52. The van der Waals surface area contributed by atoms with E-state index in [1.807, 2.05) is 21.1 Å². The monoisotopic (exact) mass is 1020 g/mol. The van der Waals surface area contributed by atoms with Crippen LogP contribution in [-0.4, -0.2) is 87.4 Å². The third-order valence-electron chi connectivity index (χ3n) is 12.6. The molecule has 0 saturated carbocycles. The highest BCUT2D eigenvalue weighted by atomic mass is 16.7. The second-order valence-electron chi connectivity index (χ2n) is 20.9. The van der Waals surface area contributed by atoms with Crippen molar-refractivity contribution in [2.75, 3.05) is 47.5 Å². The summed E-state index contributed by atoms with van der Waals surface area (Å²) in [6, 6.07) is 0. The normalized spacial score (nSPS) is 13.4. The smallest absolute Gasteiger partial charge is 0.361 e. The summed E-state index contributed by atoms with van der Waals surface area (Å²) in [5.74, 6) is -2.03. The van der Waals surface area contributed by atoms with Crippen LogP contribution in [-0.2, 0) is 33.3 Å². The molecule has 2 atom stereocenters. The number of rotatable bonds is 54. The van der Waals surface area contributed by atoms with Gasteiger partial charge in [-0.25, -0.2) is 4.79 Å². The highest BCUT2D eigenvalue weighted by Gasteiger charge is 2.25. The van der Waals surface area contributed by atoms with Gasteiger partial charge in [-0.05, 0) is 89.9 Å². The standard InChI is InChI=1S/C64H111NO8/c1-6-8-10-12-14-16-18-20-22-24-26-28-30-31-33-35-37-39-41-43-45-47-49-51-53-55-62(67)73-60(59-72-64(63(68)69)70-57-56-65(3,4)5)58-71-61(66)54-52-50-48-46-44-42-40-38-36-34-32-29-27-25-23-21-19-17-15-13-11-9-7-2/h8,10,14,16,20,22,25-28,31,33,37,39,60,64H,6-7,9,11-13,15,17-19,21,23-24,29-30,32,34-36,38,40-59H2,1-5H3/p+1/b10-8-,16-14-,22-20-,27-25-,28-26-,33-31-,39-37-. The Hall–Kier alpha value is -3.53. The first kappa shape index (κ1) is 69.5. The number of allylic oxidation sites excluding steroid dienone is 14. The number of carbonyl (C=O) groups excluding carboxylic acids is 2. The average molecular weight is 1020 g/mol. The maximum Gasteiger partial charge on any atom is 0.361 e. The molecule has 0 rings (SSSR count). The van der Waals surface area contributed by atoms with Crippen molar-refractivity contribution in [3.8, 4) is 0 Å². The number of ether oxygens (including phenoxy) is 4. The summed E-state index contributed by atoms with van der Waals surface area (Å²) in [4.78, 5) is 37.5. The molecule has 2 unspecified atom stereocenters. The fourth-order valence-corrected chi connectivity index (χ4v) is 8.07. The van der Waals surface area contributed by atoms with Crippen LogP contribution in [0.4, 0.5) is 0 Å². The van der Waals surface area contributed by atoms with Crippen LogP contribution in [0, 0.1) is 0 Å². The number of carboxylic acid groups (broad SMARTS) is 1. The van der Waals surface area contributed by atoms with Crippen molar-refractivity contribution < 1.29 is 42.9 Å². The summed E-state index contributed by atoms with van der Waals surface area (Å²) in [5.41, 5.74) is 0. The Balaban J connectivity index is 4.29. The van der Waals surface area contributed by atoms with Gasteiger partial charge in [0.05, 0.1) is 34.4 Å². The molecule has 0 radical (unpaired) electrons. The number of carbonyl (C=O) groups is 3. The predicted octanol–water partition coefficient (Wildman–Crippen LogP) is 17.6. The van der Waals surface area contributed by atoms with E-state index in [9.17, 15) is 19.5 Å². The molecule has 0 aromatic rings.